The molecule has 0 unspecified atom stereocenters. The maximum absolute atomic E-state index is 15.3. The van der Waals surface area contributed by atoms with Crippen LogP contribution in [0.3, 0.4) is 0 Å². The zero-order chi connectivity index (χ0) is 96.8. The molecule has 736 valence electrons. The minimum atomic E-state index is -0.335. The number of imidazole rings is 4. The third-order valence-corrected chi connectivity index (χ3v) is 23.7. The first-order chi connectivity index (χ1) is 67.2. The van der Waals surface area contributed by atoms with Crippen molar-refractivity contribution in [1.29, 1.82) is 5.26 Å². The Morgan fingerprint density at radius 1 is 0.472 bits per heavy atom. The van der Waals surface area contributed by atoms with Crippen LogP contribution in [0.5, 0.6) is 17.2 Å². The Morgan fingerprint density at radius 2 is 0.803 bits per heavy atom. The molecule has 0 atom stereocenters. The molecule has 16 heterocycles. The number of rotatable bonds is 24. The minimum Gasteiger partial charge on any atom is -1.00 e. The fraction of sp³-hybridized carbons (Fsp3) is 0.354. The first-order valence-corrected chi connectivity index (χ1v) is 47.2. The summed E-state index contributed by atoms with van der Waals surface area (Å²) in [4.78, 5) is 29.0. The normalized spacial score (nSPS) is 12.9. The number of aliphatic hydroxyl groups excluding tert-OH is 1. The Bertz CT molecular complexity index is 6840. The van der Waals surface area contributed by atoms with E-state index in [1.807, 2.05) is 158 Å². The Balaban J connectivity index is 0.000000197. The summed E-state index contributed by atoms with van der Waals surface area (Å²) >= 11 is 20.9. The molecule has 21 rings (SSSR count). The summed E-state index contributed by atoms with van der Waals surface area (Å²) in [5.41, 5.74) is 12.8. The van der Waals surface area contributed by atoms with Crippen molar-refractivity contribution < 1.29 is 187 Å². The topological polar surface area (TPSA) is 402 Å². The third kappa shape index (κ3) is 32.8. The predicted octanol–water partition coefficient (Wildman–Crippen LogP) is 12.9. The summed E-state index contributed by atoms with van der Waals surface area (Å²) in [6.45, 7) is 15.7. The van der Waals surface area contributed by atoms with E-state index < -0.39 is 0 Å². The number of hydrogen-bond donors (Lipinski definition) is 2. The fourth-order valence-corrected chi connectivity index (χ4v) is 17.3. The van der Waals surface area contributed by atoms with Gasteiger partial charge in [-0.1, -0.05) is 73.3 Å². The number of carbonyl (C=O) groups excluding carboxylic acids is 1. The molecule has 0 amide bonds. The minimum absolute atomic E-state index is 0. The molecule has 142 heavy (non-hydrogen) atoms. The quantitative estimate of drug-likeness (QED) is 0.0245. The van der Waals surface area contributed by atoms with Gasteiger partial charge in [-0.25, -0.2) is 51.2 Å². The molecule has 2 N–H and O–H groups in total. The van der Waals surface area contributed by atoms with Gasteiger partial charge in [0.25, 0.3) is 6.47 Å². The second-order valence-electron chi connectivity index (χ2n) is 32.8. The second kappa shape index (κ2) is 58.4. The number of nitrogens with one attached hydrogen (secondary N) is 1. The van der Waals surface area contributed by atoms with E-state index in [0.29, 0.717) is 142 Å². The van der Waals surface area contributed by atoms with Gasteiger partial charge in [-0.15, -0.1) is 24.8 Å². The molecule has 3 fully saturated rings. The maximum atomic E-state index is 15.3. The molecular formula is C96H105BrCl5Cs2F3N28O7. The summed E-state index contributed by atoms with van der Waals surface area (Å²) in [7, 11) is 0. The molecular weight excluding hydrogens is 2240 g/mol. The smallest absolute Gasteiger partial charge is 1.00 e. The largest absolute Gasteiger partial charge is 1.00 e. The third-order valence-electron chi connectivity index (χ3n) is 22.5. The van der Waals surface area contributed by atoms with E-state index in [1.165, 1.54) is 63.6 Å². The van der Waals surface area contributed by atoms with Crippen LogP contribution in [0.4, 0.5) is 13.2 Å². The van der Waals surface area contributed by atoms with Crippen LogP contribution < -0.4 is 163 Å². The van der Waals surface area contributed by atoms with Gasteiger partial charge in [-0.2, -0.15) is 76.6 Å². The van der Waals surface area contributed by atoms with Gasteiger partial charge in [0, 0.05) is 177 Å². The number of carbonyl (C=O) groups is 1. The first kappa shape index (κ1) is 115. The predicted molar refractivity (Wildman–Crippen MR) is 532 cm³/mol. The van der Waals surface area contributed by atoms with Gasteiger partial charge >= 0.3 is 138 Å². The van der Waals surface area contributed by atoms with Crippen LogP contribution in [0, 0.1) is 56.5 Å². The Morgan fingerprint density at radius 3 is 1.17 bits per heavy atom. The molecule has 1 aliphatic heterocycles. The van der Waals surface area contributed by atoms with Crippen molar-refractivity contribution in [2.75, 3.05) is 39.5 Å². The van der Waals surface area contributed by atoms with Crippen molar-refractivity contribution in [3.8, 4) is 45.8 Å². The number of fused-ring (bicyclic) bond motifs is 7. The van der Waals surface area contributed by atoms with Crippen LogP contribution in [0.2, 0.25) is 15.3 Å². The molecule has 0 bridgehead atoms. The number of nitriles is 1. The van der Waals surface area contributed by atoms with Crippen molar-refractivity contribution in [2.45, 2.75) is 181 Å². The summed E-state index contributed by atoms with van der Waals surface area (Å²) in [5.74, 6) is 2.00. The van der Waals surface area contributed by atoms with Crippen molar-refractivity contribution in [1.82, 2.24) is 133 Å². The van der Waals surface area contributed by atoms with E-state index >= 15 is 8.78 Å². The van der Waals surface area contributed by atoms with Crippen molar-refractivity contribution in [3.63, 3.8) is 0 Å². The zero-order valence-corrected chi connectivity index (χ0v) is 97.4. The van der Waals surface area contributed by atoms with Crippen LogP contribution in [-0.2, 0) is 35.9 Å². The molecule has 1 saturated heterocycles. The van der Waals surface area contributed by atoms with Crippen LogP contribution >= 0.6 is 75.5 Å². The fourth-order valence-electron chi connectivity index (χ4n) is 16.1. The monoisotopic (exact) mass is 2340 g/mol. The van der Waals surface area contributed by atoms with E-state index in [0.717, 1.165) is 153 Å². The number of benzene rings is 3. The molecule has 2 saturated carbocycles. The first-order valence-electron chi connectivity index (χ1n) is 45.3. The van der Waals surface area contributed by atoms with Crippen LogP contribution in [-0.4, -0.2) is 179 Å². The molecule has 35 nitrogen and oxygen atoms in total. The summed E-state index contributed by atoms with van der Waals surface area (Å²) in [6.07, 6.45) is 39.0. The van der Waals surface area contributed by atoms with Crippen LogP contribution in [0.1, 0.15) is 169 Å². The van der Waals surface area contributed by atoms with E-state index in [9.17, 15) is 4.39 Å². The van der Waals surface area contributed by atoms with Gasteiger partial charge in [-0.05, 0) is 187 Å². The number of hydrogen-bond acceptors (Lipinski definition) is 27. The van der Waals surface area contributed by atoms with E-state index in [-0.39, 0.29) is 195 Å². The van der Waals surface area contributed by atoms with E-state index in [2.05, 4.69) is 117 Å². The van der Waals surface area contributed by atoms with Crippen molar-refractivity contribution in [3.05, 3.63) is 255 Å². The average molecular weight is 2340 g/mol. The number of nitrogens with zero attached hydrogens (tertiary/aromatic N) is 27. The maximum Gasteiger partial charge on any atom is 1.00 e. The van der Waals surface area contributed by atoms with Gasteiger partial charge in [0.05, 0.1) is 123 Å². The average Bonchev–Trinajstić information content (AvgIpc) is 1.66. The molecule has 46 heteroatoms. The number of ether oxygens (including phenoxy) is 3. The number of piperidine rings is 1. The molecule has 18 aromatic rings. The van der Waals surface area contributed by atoms with Gasteiger partial charge in [0.15, 0.2) is 50.1 Å². The number of aromatic nitrogens is 26. The van der Waals surface area contributed by atoms with Crippen LogP contribution in [0.25, 0.3) is 77.8 Å². The zero-order valence-electron chi connectivity index (χ0n) is 80.4. The van der Waals surface area contributed by atoms with Crippen LogP contribution in [0.15, 0.2) is 182 Å². The van der Waals surface area contributed by atoms with Gasteiger partial charge in [-0.3, -0.25) is 23.5 Å². The van der Waals surface area contributed by atoms with E-state index in [1.54, 1.807) is 71.8 Å². The Labute approximate surface area is 971 Å². The molecule has 0 radical (unpaired) electrons. The molecule has 3 aliphatic rings. The van der Waals surface area contributed by atoms with E-state index in [4.69, 9.17) is 69.4 Å². The molecule has 2 aliphatic carbocycles. The van der Waals surface area contributed by atoms with Gasteiger partial charge in [0.2, 0.25) is 0 Å². The summed E-state index contributed by atoms with van der Waals surface area (Å²) in [6, 6.07) is 31.6. The standard InChI is InChI=1S/C27H28FN7O.C26H27FN8O.C14H14ClFN2.C13H14ClN5O.C7H5BrClN3.C6H10N2O.C2H3N.CH2O3.2ClH.2Cs.H/c1-18-17-35-27(30-18)26(36-12-6-11-34-10-5-9-29-34)16-24(33-35)20-13-22(28)21-15-23(31-32-25(21)14-20)19-7-3-2-4-8-19;1-17-16-35-26(30-17)25(36-11-3-10-34-9-2-6-29-34)15-23(33-35)19-12-21(27)20-14-22(31-32-24(20)13-19)18-4-7-28-8-5-18;15-10-6-12(16)11-8-13(17-18-14(11)7-10)9-4-2-1-3-5-9;1-10-9-19-13(16-10)11(8-12(14)17-19)20-7-3-6-18-5-2-4-15-18;1-4-3-12-7(10-4)5(8)2-6(9)11-12;9-6-2-5-8-4-1-3-7-8;1-2-3;2-1-4-3;;;;;/h5,9-10,13-17,19H,2-4,6-8,11-12H2,1H3;2,6,9,12-16,18,28H,3-5,7-8,10-11H2,1H3;6-9H,1-5H2;2,4-5,8-9H,3,6-7H2,1H3;2-3H,1H3;1,3-4,9H,2,5-6H2;1H3;1,3H;2*1H;;;/q;;;;;;;;;;2*+1;-1/p-1. The number of halogens is 9. The molecule has 0 spiro atoms. The number of aliphatic hydroxyl groups is 1. The second-order valence-corrected chi connectivity index (χ2v) is 34.9. The molecule has 3 aromatic carbocycles. The number of aryl methyl sites for hydroxylation is 8. The van der Waals surface area contributed by atoms with Crippen molar-refractivity contribution >= 4 is 137 Å². The Hall–Kier alpha value is -8.94. The summed E-state index contributed by atoms with van der Waals surface area (Å²) < 4.78 is 77.4. The summed E-state index contributed by atoms with van der Waals surface area (Å²) in [5, 5.41) is 90.3. The molecule has 15 aromatic heterocycles. The van der Waals surface area contributed by atoms with Crippen molar-refractivity contribution in [2.24, 2.45) is 0 Å². The van der Waals surface area contributed by atoms with Gasteiger partial charge < -0.3 is 36.2 Å². The van der Waals surface area contributed by atoms with Gasteiger partial charge in [0.1, 0.15) is 17.5 Å². The SMILES string of the molecule is CC#N.Cc1cn2nc(-c3cc(F)c4cc(C5CCCCC5)nnc4c3)cc(OCCCn3cccn3)c2n1.Cc1cn2nc(-c3cc(F)c4cc(C5CCNCC5)nnc4c3)cc(OCCCn3cccn3)c2n1.Cc1cn2nc(Cl)cc(Br)c2n1.Cc1cn2nc(Cl)cc(OCCCn3cccn3)c2n1.Cl.Cl.Fc1cc(Cl)cc2nnc(C3CCCCC3)cc12.O=CO[O-].OCCCn1cccn1.[Cs+].[Cs+].[H-]. The Kier molecular flexibility index (Phi) is 47.3.